The number of fused-ring (bicyclic) bond motifs is 1. The summed E-state index contributed by atoms with van der Waals surface area (Å²) >= 11 is 0. The third-order valence-electron chi connectivity index (χ3n) is 7.27. The maximum absolute atomic E-state index is 14.9. The number of anilines is 1. The fourth-order valence-electron chi connectivity index (χ4n) is 4.02. The van der Waals surface area contributed by atoms with Gasteiger partial charge in [-0.3, -0.25) is 23.9 Å². The molecule has 15 nitrogen and oxygen atoms in total. The molecule has 0 aliphatic carbocycles. The summed E-state index contributed by atoms with van der Waals surface area (Å²) in [5.74, 6) is -3.36. The highest BCUT2D eigenvalue weighted by Crippen LogP contribution is 2.32. The van der Waals surface area contributed by atoms with Crippen LogP contribution in [0, 0.1) is 11.8 Å². The Morgan fingerprint density at radius 2 is 1.76 bits per heavy atom. The zero-order valence-corrected chi connectivity index (χ0v) is 23.4. The summed E-state index contributed by atoms with van der Waals surface area (Å²) in [5, 5.41) is 0. The van der Waals surface area contributed by atoms with Crippen LogP contribution >= 0.6 is 0 Å². The van der Waals surface area contributed by atoms with Crippen molar-refractivity contribution in [2.24, 2.45) is 23.3 Å². The number of halogens is 1. The highest BCUT2D eigenvalue weighted by Gasteiger charge is 2.39. The Hall–Kier alpha value is -3.63. The van der Waals surface area contributed by atoms with Crippen molar-refractivity contribution in [3.63, 3.8) is 0 Å². The average molecular weight is 584 g/mol. The van der Waals surface area contributed by atoms with Crippen molar-refractivity contribution in [3.8, 4) is 0 Å². The highest BCUT2D eigenvalue weighted by molar-refractivity contribution is 5.82. The second-order valence-electron chi connectivity index (χ2n) is 10.2. The van der Waals surface area contributed by atoms with Crippen LogP contribution in [0.15, 0.2) is 11.1 Å². The number of aromatic nitrogens is 4. The minimum absolute atomic E-state index is 0.00376. The number of H-pyrrole nitrogens is 1. The Labute approximate surface area is 235 Å². The molecule has 3 rings (SSSR count). The molecule has 0 amide bonds. The lowest BCUT2D eigenvalue weighted by Gasteiger charge is -2.23. The zero-order valence-electron chi connectivity index (χ0n) is 23.4. The topological polar surface area (TPSA) is 230 Å². The lowest BCUT2D eigenvalue weighted by molar-refractivity contribution is -0.178. The van der Waals surface area contributed by atoms with E-state index < -0.39 is 73.4 Å². The van der Waals surface area contributed by atoms with E-state index >= 15 is 0 Å². The molecule has 1 aliphatic rings. The van der Waals surface area contributed by atoms with Gasteiger partial charge in [0.25, 0.3) is 5.56 Å². The lowest BCUT2D eigenvalue weighted by atomic mass is 10.0. The summed E-state index contributed by atoms with van der Waals surface area (Å²) in [7, 11) is 0. The van der Waals surface area contributed by atoms with E-state index in [0.29, 0.717) is 12.8 Å². The Balaban J connectivity index is 1.67. The minimum atomic E-state index is -1.67. The average Bonchev–Trinajstić information content (AvgIpc) is 3.54. The summed E-state index contributed by atoms with van der Waals surface area (Å²) < 4.78 is 37.6. The molecule has 7 N–H and O–H groups in total. The van der Waals surface area contributed by atoms with Crippen LogP contribution in [0.3, 0.4) is 0 Å². The van der Waals surface area contributed by atoms with Crippen LogP contribution in [0.4, 0.5) is 10.3 Å². The molecule has 0 aromatic carbocycles. The van der Waals surface area contributed by atoms with Gasteiger partial charge in [0.15, 0.2) is 11.2 Å². The van der Waals surface area contributed by atoms with Crippen LogP contribution in [-0.4, -0.2) is 81.1 Å². The Morgan fingerprint density at radius 3 is 2.39 bits per heavy atom. The van der Waals surface area contributed by atoms with Gasteiger partial charge in [-0.15, -0.1) is 0 Å². The second-order valence-corrected chi connectivity index (χ2v) is 10.2. The van der Waals surface area contributed by atoms with Crippen molar-refractivity contribution in [3.05, 3.63) is 16.7 Å². The van der Waals surface area contributed by atoms with Gasteiger partial charge in [0.2, 0.25) is 12.1 Å². The number of nitrogen functional groups attached to an aromatic ring is 1. The number of nitrogens with zero attached hydrogens (tertiary/aromatic N) is 3. The predicted octanol–water partition coefficient (Wildman–Crippen LogP) is 0.0724. The first-order chi connectivity index (χ1) is 19.4. The first-order valence-electron chi connectivity index (χ1n) is 13.4. The predicted molar refractivity (Wildman–Crippen MR) is 143 cm³/mol. The molecule has 1 aliphatic heterocycles. The van der Waals surface area contributed by atoms with E-state index in [-0.39, 0.29) is 35.4 Å². The highest BCUT2D eigenvalue weighted by atomic mass is 19.1. The molecular weight excluding hydrogens is 545 g/mol. The summed E-state index contributed by atoms with van der Waals surface area (Å²) in [6, 6.07) is -1.99. The van der Waals surface area contributed by atoms with Crippen LogP contribution in [0.5, 0.6) is 0 Å². The normalized spacial score (nSPS) is 22.5. The van der Waals surface area contributed by atoms with Crippen LogP contribution in [-0.2, 0) is 33.3 Å². The van der Waals surface area contributed by atoms with E-state index in [1.54, 1.807) is 13.8 Å². The molecule has 0 bridgehead atoms. The largest absolute Gasteiger partial charge is 0.460 e. The summed E-state index contributed by atoms with van der Waals surface area (Å²) in [4.78, 5) is 60.2. The number of ether oxygens (including phenoxy) is 4. The molecule has 0 spiro atoms. The number of alkyl halides is 1. The van der Waals surface area contributed by atoms with E-state index in [4.69, 9.17) is 36.1 Å². The van der Waals surface area contributed by atoms with Crippen molar-refractivity contribution in [1.82, 2.24) is 19.5 Å². The van der Waals surface area contributed by atoms with E-state index in [2.05, 4.69) is 15.0 Å². The first kappa shape index (κ1) is 31.9. The number of aromatic amines is 1. The molecular formula is C25H38FN7O8. The number of carbonyl (C=O) groups excluding carboxylic acids is 3. The van der Waals surface area contributed by atoms with E-state index in [0.717, 1.165) is 0 Å². The van der Waals surface area contributed by atoms with Crippen molar-refractivity contribution in [2.75, 3.05) is 18.9 Å². The Morgan fingerprint density at radius 1 is 1.12 bits per heavy atom. The third kappa shape index (κ3) is 7.56. The van der Waals surface area contributed by atoms with Crippen molar-refractivity contribution in [2.45, 2.75) is 83.6 Å². The molecule has 8 atom stereocenters. The number of carbonyl (C=O) groups is 3. The molecule has 1 saturated heterocycles. The summed E-state index contributed by atoms with van der Waals surface area (Å²) in [6.45, 7) is 5.97. The lowest BCUT2D eigenvalue weighted by Crippen LogP contribution is -2.45. The van der Waals surface area contributed by atoms with Gasteiger partial charge in [0.1, 0.15) is 43.8 Å². The smallest absolute Gasteiger partial charge is 0.351 e. The Bertz CT molecular complexity index is 1290. The van der Waals surface area contributed by atoms with Crippen LogP contribution in [0.2, 0.25) is 0 Å². The summed E-state index contributed by atoms with van der Waals surface area (Å²) in [6.07, 6.45) is -3.07. The van der Waals surface area contributed by atoms with Gasteiger partial charge in [-0.25, -0.2) is 14.2 Å². The van der Waals surface area contributed by atoms with Gasteiger partial charge in [0.05, 0.1) is 6.33 Å². The minimum Gasteiger partial charge on any atom is -0.460 e. The van der Waals surface area contributed by atoms with Crippen molar-refractivity contribution in [1.29, 1.82) is 0 Å². The van der Waals surface area contributed by atoms with Gasteiger partial charge < -0.3 is 36.1 Å². The van der Waals surface area contributed by atoms with E-state index in [1.165, 1.54) is 10.9 Å². The molecule has 0 radical (unpaired) electrons. The number of esters is 3. The second kappa shape index (κ2) is 13.8. The zero-order chi connectivity index (χ0) is 30.4. The summed E-state index contributed by atoms with van der Waals surface area (Å²) in [5.41, 5.74) is 17.0. The van der Waals surface area contributed by atoms with E-state index in [1.807, 2.05) is 13.8 Å². The van der Waals surface area contributed by atoms with Crippen LogP contribution in [0.1, 0.15) is 53.2 Å². The number of nitrogens with two attached hydrogens (primary N) is 3. The number of hydrogen-bond donors (Lipinski definition) is 4. The maximum Gasteiger partial charge on any atom is 0.351 e. The van der Waals surface area contributed by atoms with Gasteiger partial charge in [0, 0.05) is 6.42 Å². The third-order valence-corrected chi connectivity index (χ3v) is 7.27. The molecule has 2 aromatic heterocycles. The molecule has 228 valence electrons. The molecule has 41 heavy (non-hydrogen) atoms. The van der Waals surface area contributed by atoms with Gasteiger partial charge in [-0.1, -0.05) is 40.5 Å². The molecule has 3 heterocycles. The number of hydrogen-bond acceptors (Lipinski definition) is 13. The number of imidazole rings is 1. The fourth-order valence-corrected chi connectivity index (χ4v) is 4.02. The molecule has 2 aromatic rings. The van der Waals surface area contributed by atoms with Crippen molar-refractivity contribution < 1.29 is 37.7 Å². The monoisotopic (exact) mass is 583 g/mol. The number of nitrogens with one attached hydrogen (secondary N) is 1. The molecule has 1 fully saturated rings. The molecule has 1 unspecified atom stereocenters. The maximum atomic E-state index is 14.9. The number of rotatable bonds is 13. The van der Waals surface area contributed by atoms with E-state index in [9.17, 15) is 23.6 Å². The van der Waals surface area contributed by atoms with Gasteiger partial charge in [-0.05, 0) is 11.8 Å². The molecule has 16 heteroatoms. The van der Waals surface area contributed by atoms with Gasteiger partial charge >= 0.3 is 17.9 Å². The SMILES string of the molecule is CC[C@H](C)[C@H](N)C(=O)OCC(OC(=O)[C@@H](N)[C@@H](C)CC)C(=O)OC[C@H]1O[C@@H](n2cnc3c(=O)[nH]c(N)nc32)C[C@@H]1F. The standard InChI is InChI=1S/C25H38FN7O8/c1-5-11(3)17(27)23(36)39-9-15(41-24(37)18(28)12(4)6-2)22(35)38-8-14-13(26)7-16(40-14)33-10-30-19-20(33)31-25(29)32-21(19)34/h10-18H,5-9,27-28H2,1-4H3,(H3,29,31,32,34)/t11-,12-,13-,14+,15?,16+,17-,18-/m0/s1. The van der Waals surface area contributed by atoms with Crippen LogP contribution < -0.4 is 22.8 Å². The fraction of sp³-hybridized carbons (Fsp3) is 0.680. The van der Waals surface area contributed by atoms with Crippen molar-refractivity contribution >= 4 is 35.0 Å². The Kier molecular flexibility index (Phi) is 10.8. The molecule has 0 saturated carbocycles. The quantitative estimate of drug-likeness (QED) is 0.181. The van der Waals surface area contributed by atoms with Crippen LogP contribution in [0.25, 0.3) is 11.2 Å². The van der Waals surface area contributed by atoms with Gasteiger partial charge in [-0.2, -0.15) is 4.98 Å². The first-order valence-corrected chi connectivity index (χ1v) is 13.4.